The van der Waals surface area contributed by atoms with Crippen LogP contribution in [-0.4, -0.2) is 14.7 Å². The summed E-state index contributed by atoms with van der Waals surface area (Å²) >= 11 is 6.00. The molecule has 0 aliphatic heterocycles. The minimum Gasteiger partial charge on any atom is -0.506 e. The van der Waals surface area contributed by atoms with E-state index in [-0.39, 0.29) is 5.75 Å². The van der Waals surface area contributed by atoms with E-state index in [1.165, 1.54) is 0 Å². The Bertz CT molecular complexity index is 780. The third-order valence-electron chi connectivity index (χ3n) is 3.13. The number of nitrogens with two attached hydrogens (primary N) is 1. The van der Waals surface area contributed by atoms with Gasteiger partial charge in [0.05, 0.1) is 16.7 Å². The normalized spacial score (nSPS) is 11.1. The number of phenols is 1. The van der Waals surface area contributed by atoms with Crippen molar-refractivity contribution in [2.75, 3.05) is 5.73 Å². The molecule has 0 unspecified atom stereocenters. The number of aryl methyl sites for hydroxylation is 1. The van der Waals surface area contributed by atoms with Gasteiger partial charge in [0.25, 0.3) is 0 Å². The van der Waals surface area contributed by atoms with Crippen molar-refractivity contribution in [2.24, 2.45) is 7.05 Å². The van der Waals surface area contributed by atoms with Crippen molar-refractivity contribution in [3.8, 4) is 17.1 Å². The van der Waals surface area contributed by atoms with Crippen molar-refractivity contribution < 1.29 is 5.11 Å². The molecule has 19 heavy (non-hydrogen) atoms. The van der Waals surface area contributed by atoms with Gasteiger partial charge in [-0.1, -0.05) is 11.6 Å². The highest BCUT2D eigenvalue weighted by Gasteiger charge is 2.11. The molecular weight excluding hydrogens is 262 g/mol. The average Bonchev–Trinajstić information content (AvgIpc) is 2.70. The predicted octanol–water partition coefficient (Wildman–Crippen LogP) is 3.18. The minimum atomic E-state index is 0.0746. The number of aromatic nitrogens is 2. The Kier molecular flexibility index (Phi) is 2.61. The highest BCUT2D eigenvalue weighted by Crippen LogP contribution is 2.29. The number of nitrogens with zero attached hydrogens (tertiary/aromatic N) is 2. The third kappa shape index (κ3) is 1.90. The van der Waals surface area contributed by atoms with E-state index in [0.717, 1.165) is 22.4 Å². The molecule has 0 aliphatic rings. The second kappa shape index (κ2) is 4.17. The lowest BCUT2D eigenvalue weighted by Crippen LogP contribution is -1.94. The molecule has 0 atom stereocenters. The van der Waals surface area contributed by atoms with Crippen LogP contribution in [-0.2, 0) is 7.05 Å². The van der Waals surface area contributed by atoms with Crippen LogP contribution in [0.3, 0.4) is 0 Å². The molecule has 0 radical (unpaired) electrons. The molecule has 0 saturated carbocycles. The zero-order valence-corrected chi connectivity index (χ0v) is 11.0. The molecule has 0 bridgehead atoms. The van der Waals surface area contributed by atoms with Gasteiger partial charge in [-0.2, -0.15) is 0 Å². The van der Waals surface area contributed by atoms with Crippen LogP contribution < -0.4 is 5.73 Å². The number of halogens is 1. The molecule has 5 heteroatoms. The summed E-state index contributed by atoms with van der Waals surface area (Å²) < 4.78 is 1.95. The fourth-order valence-corrected chi connectivity index (χ4v) is 2.28. The van der Waals surface area contributed by atoms with Gasteiger partial charge in [-0.25, -0.2) is 4.98 Å². The largest absolute Gasteiger partial charge is 0.506 e. The molecule has 0 saturated heterocycles. The standard InChI is InChI=1S/C14H12ClN3O/c1-18-12-7-9(15)3-4-11(12)17-14(18)8-2-5-13(19)10(16)6-8/h2-7,19H,16H2,1H3. The Morgan fingerprint density at radius 1 is 1.21 bits per heavy atom. The van der Waals surface area contributed by atoms with Gasteiger partial charge >= 0.3 is 0 Å². The Labute approximate surface area is 115 Å². The first kappa shape index (κ1) is 11.9. The summed E-state index contributed by atoms with van der Waals surface area (Å²) in [6.07, 6.45) is 0. The van der Waals surface area contributed by atoms with Gasteiger partial charge in [0.15, 0.2) is 0 Å². The van der Waals surface area contributed by atoms with Gasteiger partial charge in [-0.05, 0) is 36.4 Å². The van der Waals surface area contributed by atoms with Crippen molar-refractivity contribution in [1.29, 1.82) is 0 Å². The van der Waals surface area contributed by atoms with Gasteiger partial charge < -0.3 is 15.4 Å². The third-order valence-corrected chi connectivity index (χ3v) is 3.36. The van der Waals surface area contributed by atoms with Gasteiger partial charge in [0.1, 0.15) is 11.6 Å². The first-order valence-corrected chi connectivity index (χ1v) is 6.15. The maximum absolute atomic E-state index is 9.47. The number of fused-ring (bicyclic) bond motifs is 1. The molecule has 0 spiro atoms. The van der Waals surface area contributed by atoms with Gasteiger partial charge in [-0.3, -0.25) is 0 Å². The molecule has 1 heterocycles. The van der Waals surface area contributed by atoms with E-state index < -0.39 is 0 Å². The van der Waals surface area contributed by atoms with E-state index >= 15 is 0 Å². The quantitative estimate of drug-likeness (QED) is 0.529. The number of hydrogen-bond donors (Lipinski definition) is 2. The van der Waals surface area contributed by atoms with E-state index in [0.29, 0.717) is 10.7 Å². The number of phenolic OH excluding ortho intramolecular Hbond substituents is 1. The van der Waals surface area contributed by atoms with E-state index in [9.17, 15) is 5.11 Å². The number of aromatic hydroxyl groups is 1. The van der Waals surface area contributed by atoms with Crippen LogP contribution in [0.1, 0.15) is 0 Å². The summed E-state index contributed by atoms with van der Waals surface area (Å²) in [4.78, 5) is 4.56. The lowest BCUT2D eigenvalue weighted by atomic mass is 10.2. The van der Waals surface area contributed by atoms with Crippen molar-refractivity contribution in [3.63, 3.8) is 0 Å². The highest BCUT2D eigenvalue weighted by atomic mass is 35.5. The Morgan fingerprint density at radius 3 is 2.74 bits per heavy atom. The molecule has 4 nitrogen and oxygen atoms in total. The summed E-state index contributed by atoms with van der Waals surface area (Å²) in [6, 6.07) is 10.6. The van der Waals surface area contributed by atoms with E-state index in [2.05, 4.69) is 4.98 Å². The van der Waals surface area contributed by atoms with Crippen LogP contribution in [0, 0.1) is 0 Å². The maximum atomic E-state index is 9.47. The summed E-state index contributed by atoms with van der Waals surface area (Å²) in [5, 5.41) is 10.1. The number of anilines is 1. The van der Waals surface area contributed by atoms with Crippen LogP contribution in [0.2, 0.25) is 5.02 Å². The first-order valence-electron chi connectivity index (χ1n) is 5.77. The molecule has 0 amide bonds. The number of hydrogen-bond acceptors (Lipinski definition) is 3. The topological polar surface area (TPSA) is 64.1 Å². The zero-order chi connectivity index (χ0) is 13.6. The molecule has 3 aromatic rings. The number of imidazole rings is 1. The van der Waals surface area contributed by atoms with Gasteiger partial charge in [0.2, 0.25) is 0 Å². The van der Waals surface area contributed by atoms with E-state index in [1.54, 1.807) is 18.2 Å². The van der Waals surface area contributed by atoms with Crippen molar-refractivity contribution in [1.82, 2.24) is 9.55 Å². The summed E-state index contributed by atoms with van der Waals surface area (Å²) in [6.45, 7) is 0. The van der Waals surface area contributed by atoms with E-state index in [1.807, 2.05) is 29.8 Å². The summed E-state index contributed by atoms with van der Waals surface area (Å²) in [5.41, 5.74) is 8.73. The molecule has 2 aromatic carbocycles. The lowest BCUT2D eigenvalue weighted by molar-refractivity contribution is 0.478. The van der Waals surface area contributed by atoms with Crippen LogP contribution in [0.25, 0.3) is 22.4 Å². The van der Waals surface area contributed by atoms with Gasteiger partial charge in [-0.15, -0.1) is 0 Å². The monoisotopic (exact) mass is 273 g/mol. The molecule has 0 fully saturated rings. The number of rotatable bonds is 1. The van der Waals surface area contributed by atoms with Gasteiger partial charge in [0, 0.05) is 17.6 Å². The van der Waals surface area contributed by atoms with Crippen LogP contribution in [0.5, 0.6) is 5.75 Å². The van der Waals surface area contributed by atoms with Crippen LogP contribution in [0.4, 0.5) is 5.69 Å². The average molecular weight is 274 g/mol. The number of benzene rings is 2. The Balaban J connectivity index is 2.24. The molecule has 0 aliphatic carbocycles. The van der Waals surface area contributed by atoms with Crippen molar-refractivity contribution >= 4 is 28.3 Å². The van der Waals surface area contributed by atoms with Crippen molar-refractivity contribution in [2.45, 2.75) is 0 Å². The summed E-state index contributed by atoms with van der Waals surface area (Å²) in [5.74, 6) is 0.856. The lowest BCUT2D eigenvalue weighted by Gasteiger charge is -2.05. The number of nitrogen functional groups attached to an aromatic ring is 1. The first-order chi connectivity index (χ1) is 9.06. The fourth-order valence-electron chi connectivity index (χ4n) is 2.11. The molecular formula is C14H12ClN3O. The Hall–Kier alpha value is -2.20. The highest BCUT2D eigenvalue weighted by molar-refractivity contribution is 6.31. The predicted molar refractivity (Wildman–Crippen MR) is 77.2 cm³/mol. The molecule has 96 valence electrons. The SMILES string of the molecule is Cn1c(-c2ccc(O)c(N)c2)nc2ccc(Cl)cc21. The fraction of sp³-hybridized carbons (Fsp3) is 0.0714. The second-order valence-corrected chi connectivity index (χ2v) is 4.84. The second-order valence-electron chi connectivity index (χ2n) is 4.40. The van der Waals surface area contributed by atoms with Crippen molar-refractivity contribution in [3.05, 3.63) is 41.4 Å². The van der Waals surface area contributed by atoms with Crippen LogP contribution in [0.15, 0.2) is 36.4 Å². The van der Waals surface area contributed by atoms with Crippen LogP contribution >= 0.6 is 11.6 Å². The molecule has 1 aromatic heterocycles. The Morgan fingerprint density at radius 2 is 2.00 bits per heavy atom. The van der Waals surface area contributed by atoms with E-state index in [4.69, 9.17) is 17.3 Å². The summed E-state index contributed by atoms with van der Waals surface area (Å²) in [7, 11) is 1.92. The minimum absolute atomic E-state index is 0.0746. The maximum Gasteiger partial charge on any atom is 0.140 e. The molecule has 3 rings (SSSR count). The smallest absolute Gasteiger partial charge is 0.140 e. The molecule has 3 N–H and O–H groups in total. The zero-order valence-electron chi connectivity index (χ0n) is 10.3.